The number of ether oxygens (including phenoxy) is 2. The number of rotatable bonds is 11. The fourth-order valence-corrected chi connectivity index (χ4v) is 4.97. The number of amides is 1. The van der Waals surface area contributed by atoms with Crippen molar-refractivity contribution in [3.05, 3.63) is 77.9 Å². The minimum absolute atomic E-state index is 0.0861. The number of carbonyl (C=O) groups excluding carboxylic acids is 1. The van der Waals surface area contributed by atoms with Crippen LogP contribution in [-0.4, -0.2) is 33.2 Å². The molecule has 0 aromatic heterocycles. The zero-order valence-electron chi connectivity index (χ0n) is 22.8. The van der Waals surface area contributed by atoms with Crippen LogP contribution in [0.3, 0.4) is 0 Å². The van der Waals surface area contributed by atoms with Gasteiger partial charge in [0.15, 0.2) is 5.11 Å². The first-order chi connectivity index (χ1) is 18.4. The summed E-state index contributed by atoms with van der Waals surface area (Å²) >= 11 is 5.31. The maximum absolute atomic E-state index is 12.9. The Bertz CT molecular complexity index is 1400. The highest BCUT2D eigenvalue weighted by molar-refractivity contribution is 7.92. The topological polar surface area (TPSA) is 106 Å². The standard InChI is InChI=1S/C29H35N3O5S2/c1-20-7-8-21(2)26(19-20)37-18-6-17-29(3,4)27(33)31-28(38)30-22-11-15-25(16-12-22)39(34,35)32-23-9-13-24(36-5)14-10-23/h7-16,19,32H,6,17-18H2,1-5H3,(H2,30,31,33,38). The molecule has 3 rings (SSSR count). The van der Waals surface area contributed by atoms with E-state index in [2.05, 4.69) is 15.4 Å². The van der Waals surface area contributed by atoms with E-state index in [0.717, 1.165) is 16.9 Å². The van der Waals surface area contributed by atoms with Gasteiger partial charge in [-0.05, 0) is 105 Å². The normalized spacial score (nSPS) is 11.4. The van der Waals surface area contributed by atoms with Crippen LogP contribution in [0.15, 0.2) is 71.6 Å². The Morgan fingerprint density at radius 2 is 1.59 bits per heavy atom. The predicted molar refractivity (Wildman–Crippen MR) is 159 cm³/mol. The van der Waals surface area contributed by atoms with Gasteiger partial charge in [0.2, 0.25) is 5.91 Å². The van der Waals surface area contributed by atoms with E-state index < -0.39 is 15.4 Å². The second-order valence-corrected chi connectivity index (χ2v) is 12.0. The second-order valence-electron chi connectivity index (χ2n) is 9.87. The van der Waals surface area contributed by atoms with Crippen LogP contribution >= 0.6 is 12.2 Å². The molecule has 0 heterocycles. The molecule has 0 saturated carbocycles. The lowest BCUT2D eigenvalue weighted by Gasteiger charge is -2.24. The largest absolute Gasteiger partial charge is 0.497 e. The van der Waals surface area contributed by atoms with Crippen LogP contribution in [0.4, 0.5) is 11.4 Å². The van der Waals surface area contributed by atoms with Crippen LogP contribution < -0.4 is 24.8 Å². The number of methoxy groups -OCH3 is 1. The van der Waals surface area contributed by atoms with Crippen molar-refractivity contribution in [3.63, 3.8) is 0 Å². The summed E-state index contributed by atoms with van der Waals surface area (Å²) in [7, 11) is -2.24. The van der Waals surface area contributed by atoms with Crippen LogP contribution in [-0.2, 0) is 14.8 Å². The van der Waals surface area contributed by atoms with Crippen LogP contribution in [0.2, 0.25) is 0 Å². The van der Waals surface area contributed by atoms with Gasteiger partial charge in [0.05, 0.1) is 18.6 Å². The highest BCUT2D eigenvalue weighted by Gasteiger charge is 2.28. The number of carbonyl (C=O) groups is 1. The van der Waals surface area contributed by atoms with E-state index in [4.69, 9.17) is 21.7 Å². The van der Waals surface area contributed by atoms with Gasteiger partial charge in [0.1, 0.15) is 11.5 Å². The van der Waals surface area contributed by atoms with E-state index in [1.54, 1.807) is 36.4 Å². The Morgan fingerprint density at radius 3 is 2.23 bits per heavy atom. The zero-order chi connectivity index (χ0) is 28.6. The van der Waals surface area contributed by atoms with Gasteiger partial charge in [-0.2, -0.15) is 0 Å². The highest BCUT2D eigenvalue weighted by atomic mass is 32.2. The van der Waals surface area contributed by atoms with Gasteiger partial charge in [-0.1, -0.05) is 26.0 Å². The SMILES string of the molecule is COc1ccc(NS(=O)(=O)c2ccc(NC(=S)NC(=O)C(C)(C)CCCOc3cc(C)ccc3C)cc2)cc1. The first-order valence-corrected chi connectivity index (χ1v) is 14.4. The molecule has 8 nitrogen and oxygen atoms in total. The summed E-state index contributed by atoms with van der Waals surface area (Å²) in [6.07, 6.45) is 1.31. The van der Waals surface area contributed by atoms with Gasteiger partial charge in [-0.25, -0.2) is 8.42 Å². The Labute approximate surface area is 236 Å². The molecule has 208 valence electrons. The molecule has 3 aromatic carbocycles. The number of thiocarbonyl (C=S) groups is 1. The van der Waals surface area contributed by atoms with Gasteiger partial charge in [-0.3, -0.25) is 9.52 Å². The van der Waals surface area contributed by atoms with Crippen molar-refractivity contribution in [3.8, 4) is 11.5 Å². The van der Waals surface area contributed by atoms with Gasteiger partial charge < -0.3 is 20.1 Å². The van der Waals surface area contributed by atoms with E-state index >= 15 is 0 Å². The van der Waals surface area contributed by atoms with Crippen molar-refractivity contribution in [2.75, 3.05) is 23.8 Å². The molecule has 3 aromatic rings. The number of benzene rings is 3. The summed E-state index contributed by atoms with van der Waals surface area (Å²) < 4.78 is 38.9. The average molecular weight is 570 g/mol. The zero-order valence-corrected chi connectivity index (χ0v) is 24.5. The van der Waals surface area contributed by atoms with E-state index in [-0.39, 0.29) is 15.9 Å². The van der Waals surface area contributed by atoms with E-state index in [9.17, 15) is 13.2 Å². The molecule has 10 heteroatoms. The molecular formula is C29H35N3O5S2. The lowest BCUT2D eigenvalue weighted by molar-refractivity contribution is -0.128. The summed E-state index contributed by atoms with van der Waals surface area (Å²) in [5.74, 6) is 1.27. The third-order valence-electron chi connectivity index (χ3n) is 6.15. The molecule has 39 heavy (non-hydrogen) atoms. The molecule has 3 N–H and O–H groups in total. The van der Waals surface area contributed by atoms with Gasteiger partial charge in [0, 0.05) is 16.8 Å². The lowest BCUT2D eigenvalue weighted by Crippen LogP contribution is -2.42. The summed E-state index contributed by atoms with van der Waals surface area (Å²) in [6, 6.07) is 18.7. The molecule has 0 spiro atoms. The van der Waals surface area contributed by atoms with Crippen LogP contribution in [0.1, 0.15) is 37.8 Å². The van der Waals surface area contributed by atoms with Gasteiger partial charge >= 0.3 is 0 Å². The lowest BCUT2D eigenvalue weighted by atomic mass is 9.87. The molecule has 0 radical (unpaired) electrons. The Kier molecular flexibility index (Phi) is 9.93. The van der Waals surface area contributed by atoms with Gasteiger partial charge in [-0.15, -0.1) is 0 Å². The van der Waals surface area contributed by atoms with E-state index in [1.807, 2.05) is 45.9 Å². The summed E-state index contributed by atoms with van der Waals surface area (Å²) in [6.45, 7) is 8.25. The number of aryl methyl sites for hydroxylation is 2. The fourth-order valence-electron chi connectivity index (χ4n) is 3.70. The molecule has 0 aliphatic heterocycles. The maximum atomic E-state index is 12.9. The number of anilines is 2. The highest BCUT2D eigenvalue weighted by Crippen LogP contribution is 2.25. The van der Waals surface area contributed by atoms with Crippen molar-refractivity contribution in [2.24, 2.45) is 5.41 Å². The van der Waals surface area contributed by atoms with Crippen LogP contribution in [0.25, 0.3) is 0 Å². The molecule has 0 aliphatic rings. The van der Waals surface area contributed by atoms with Gasteiger partial charge in [0.25, 0.3) is 10.0 Å². The first-order valence-electron chi connectivity index (χ1n) is 12.5. The Morgan fingerprint density at radius 1 is 0.949 bits per heavy atom. The Balaban J connectivity index is 1.48. The average Bonchev–Trinajstić information content (AvgIpc) is 2.89. The fraction of sp³-hybridized carbons (Fsp3) is 0.310. The monoisotopic (exact) mass is 569 g/mol. The van der Waals surface area contributed by atoms with Crippen LogP contribution in [0, 0.1) is 19.3 Å². The number of hydrogen-bond donors (Lipinski definition) is 3. The van der Waals surface area contributed by atoms with Crippen molar-refractivity contribution in [2.45, 2.75) is 45.4 Å². The Hall–Kier alpha value is -3.63. The van der Waals surface area contributed by atoms with E-state index in [1.165, 1.54) is 19.2 Å². The molecule has 0 atom stereocenters. The molecular weight excluding hydrogens is 534 g/mol. The summed E-state index contributed by atoms with van der Waals surface area (Å²) in [5.41, 5.74) is 2.51. The molecule has 1 amide bonds. The second kappa shape index (κ2) is 12.9. The minimum Gasteiger partial charge on any atom is -0.497 e. The maximum Gasteiger partial charge on any atom is 0.261 e. The molecule has 0 fully saturated rings. The summed E-state index contributed by atoms with van der Waals surface area (Å²) in [5, 5.41) is 5.79. The van der Waals surface area contributed by atoms with Crippen molar-refractivity contribution < 1.29 is 22.7 Å². The minimum atomic E-state index is -3.78. The van der Waals surface area contributed by atoms with Crippen molar-refractivity contribution >= 4 is 44.6 Å². The smallest absolute Gasteiger partial charge is 0.261 e. The number of hydrogen-bond acceptors (Lipinski definition) is 6. The third kappa shape index (κ3) is 8.69. The summed E-state index contributed by atoms with van der Waals surface area (Å²) in [4.78, 5) is 12.9. The first kappa shape index (κ1) is 29.9. The van der Waals surface area contributed by atoms with E-state index in [0.29, 0.717) is 36.6 Å². The molecule has 0 aliphatic carbocycles. The van der Waals surface area contributed by atoms with Crippen molar-refractivity contribution in [1.29, 1.82) is 0 Å². The molecule has 0 saturated heterocycles. The predicted octanol–water partition coefficient (Wildman–Crippen LogP) is 5.81. The quantitative estimate of drug-likeness (QED) is 0.198. The third-order valence-corrected chi connectivity index (χ3v) is 7.76. The molecule has 0 bridgehead atoms. The van der Waals surface area contributed by atoms with Crippen LogP contribution in [0.5, 0.6) is 11.5 Å². The number of sulfonamides is 1. The number of nitrogens with one attached hydrogen (secondary N) is 3. The van der Waals surface area contributed by atoms with Crippen molar-refractivity contribution in [1.82, 2.24) is 5.32 Å². The molecule has 0 unspecified atom stereocenters.